The summed E-state index contributed by atoms with van der Waals surface area (Å²) in [5.74, 6) is 0.659. The summed E-state index contributed by atoms with van der Waals surface area (Å²) in [7, 11) is 0. The average Bonchev–Trinajstić information content (AvgIpc) is 3.74. The molecule has 0 saturated carbocycles. The van der Waals surface area contributed by atoms with E-state index in [4.69, 9.17) is 9.97 Å². The van der Waals surface area contributed by atoms with Gasteiger partial charge in [0.05, 0.1) is 22.2 Å². The fourth-order valence-corrected chi connectivity index (χ4v) is 9.08. The maximum absolute atomic E-state index is 5.46. The van der Waals surface area contributed by atoms with Gasteiger partial charge in [0.1, 0.15) is 0 Å². The SMILES string of the molecule is c1ccc(-c2cc3nc(-n4c5ccccc5c5cc6ccccc6cc54)nc(-c4ccccc4)c3cc2-c2ccc3c(c2)sc2ccccc23)cc1. The van der Waals surface area contributed by atoms with Crippen LogP contribution in [0.2, 0.25) is 0 Å². The molecule has 0 saturated heterocycles. The zero-order chi connectivity index (χ0) is 34.2. The highest BCUT2D eigenvalue weighted by Gasteiger charge is 2.20. The molecule has 4 heteroatoms. The smallest absolute Gasteiger partial charge is 0.235 e. The summed E-state index contributed by atoms with van der Waals surface area (Å²) in [4.78, 5) is 10.9. The van der Waals surface area contributed by atoms with Gasteiger partial charge in [0.15, 0.2) is 0 Å². The predicted molar refractivity (Wildman–Crippen MR) is 221 cm³/mol. The second-order valence-electron chi connectivity index (χ2n) is 13.4. The zero-order valence-corrected chi connectivity index (χ0v) is 28.8. The van der Waals surface area contributed by atoms with E-state index in [0.717, 1.165) is 49.9 Å². The van der Waals surface area contributed by atoms with Crippen LogP contribution in [0, 0.1) is 0 Å². The molecule has 8 aromatic carbocycles. The van der Waals surface area contributed by atoms with E-state index in [9.17, 15) is 0 Å². The van der Waals surface area contributed by atoms with Gasteiger partial charge in [0, 0.05) is 41.9 Å². The van der Waals surface area contributed by atoms with Crippen LogP contribution in [0.3, 0.4) is 0 Å². The molecule has 11 rings (SSSR count). The Labute approximate surface area is 303 Å². The minimum absolute atomic E-state index is 0.659. The fraction of sp³-hybridized carbons (Fsp3) is 0. The quantitative estimate of drug-likeness (QED) is 0.185. The number of hydrogen-bond acceptors (Lipinski definition) is 3. The molecule has 3 nitrogen and oxygen atoms in total. The Balaban J connectivity index is 1.23. The standard InChI is InChI=1S/C48H29N3S/c1-3-13-30(14-4-1)39-29-42-41(28-38(39)34-23-24-37-36-20-10-12-22-45(36)52-46(37)27-34)47(31-15-5-2-6-16-31)50-48(49-42)51-43-21-11-9-19-35(43)40-25-32-17-7-8-18-33(32)26-44(40)51/h1-29H. The lowest BCUT2D eigenvalue weighted by atomic mass is 9.91. The number of nitrogens with zero attached hydrogens (tertiary/aromatic N) is 3. The third-order valence-electron chi connectivity index (χ3n) is 10.4. The fourth-order valence-electron chi connectivity index (χ4n) is 7.94. The Bertz CT molecular complexity index is 3180. The highest BCUT2D eigenvalue weighted by Crippen LogP contribution is 2.42. The molecule has 3 aromatic heterocycles. The van der Waals surface area contributed by atoms with Crippen LogP contribution in [0.1, 0.15) is 0 Å². The maximum atomic E-state index is 5.46. The van der Waals surface area contributed by atoms with Crippen molar-refractivity contribution in [3.63, 3.8) is 0 Å². The summed E-state index contributed by atoms with van der Waals surface area (Å²) < 4.78 is 4.84. The van der Waals surface area contributed by atoms with Crippen LogP contribution in [-0.2, 0) is 0 Å². The lowest BCUT2D eigenvalue weighted by Crippen LogP contribution is -2.04. The van der Waals surface area contributed by atoms with Crippen molar-refractivity contribution < 1.29 is 0 Å². The van der Waals surface area contributed by atoms with E-state index in [-0.39, 0.29) is 0 Å². The van der Waals surface area contributed by atoms with Gasteiger partial charge in [-0.25, -0.2) is 9.97 Å². The van der Waals surface area contributed by atoms with Gasteiger partial charge in [-0.1, -0.05) is 133 Å². The maximum Gasteiger partial charge on any atom is 0.235 e. The molecule has 52 heavy (non-hydrogen) atoms. The number of para-hydroxylation sites is 1. The Morgan fingerprint density at radius 2 is 1.04 bits per heavy atom. The molecule has 0 amide bonds. The monoisotopic (exact) mass is 679 g/mol. The zero-order valence-electron chi connectivity index (χ0n) is 28.0. The van der Waals surface area contributed by atoms with Crippen LogP contribution in [0.4, 0.5) is 0 Å². The van der Waals surface area contributed by atoms with Crippen LogP contribution in [0.25, 0.3) is 103 Å². The van der Waals surface area contributed by atoms with Gasteiger partial charge >= 0.3 is 0 Å². The molecular weight excluding hydrogens is 651 g/mol. The molecule has 0 aliphatic heterocycles. The summed E-state index contributed by atoms with van der Waals surface area (Å²) >= 11 is 1.85. The van der Waals surface area contributed by atoms with E-state index in [0.29, 0.717) is 5.95 Å². The first kappa shape index (κ1) is 29.1. The van der Waals surface area contributed by atoms with Crippen molar-refractivity contribution in [1.82, 2.24) is 14.5 Å². The normalized spacial score (nSPS) is 11.8. The predicted octanol–water partition coefficient (Wildman–Crippen LogP) is 13.2. The van der Waals surface area contributed by atoms with Crippen LogP contribution >= 0.6 is 11.3 Å². The number of fused-ring (bicyclic) bond motifs is 8. The number of rotatable bonds is 4. The van der Waals surface area contributed by atoms with E-state index >= 15 is 0 Å². The minimum atomic E-state index is 0.659. The molecule has 0 N–H and O–H groups in total. The second kappa shape index (κ2) is 11.5. The first-order valence-electron chi connectivity index (χ1n) is 17.6. The molecule has 0 fully saturated rings. The van der Waals surface area contributed by atoms with Crippen molar-refractivity contribution in [2.45, 2.75) is 0 Å². The summed E-state index contributed by atoms with van der Waals surface area (Å²) in [5, 5.41) is 8.41. The highest BCUT2D eigenvalue weighted by atomic mass is 32.1. The van der Waals surface area contributed by atoms with Crippen molar-refractivity contribution in [1.29, 1.82) is 0 Å². The van der Waals surface area contributed by atoms with Gasteiger partial charge in [-0.2, -0.15) is 0 Å². The molecule has 11 aromatic rings. The van der Waals surface area contributed by atoms with E-state index in [1.807, 2.05) is 11.3 Å². The number of aromatic nitrogens is 3. The molecule has 0 aliphatic rings. The Morgan fingerprint density at radius 3 is 1.87 bits per heavy atom. The summed E-state index contributed by atoms with van der Waals surface area (Å²) in [6.45, 7) is 0. The van der Waals surface area contributed by atoms with Crippen LogP contribution in [-0.4, -0.2) is 14.5 Å². The van der Waals surface area contributed by atoms with Crippen molar-refractivity contribution in [2.75, 3.05) is 0 Å². The largest absolute Gasteiger partial charge is 0.278 e. The van der Waals surface area contributed by atoms with Gasteiger partial charge < -0.3 is 0 Å². The summed E-state index contributed by atoms with van der Waals surface area (Å²) in [6, 6.07) is 63.2. The molecule has 0 bridgehead atoms. The van der Waals surface area contributed by atoms with E-state index < -0.39 is 0 Å². The molecule has 0 aliphatic carbocycles. The minimum Gasteiger partial charge on any atom is -0.278 e. The van der Waals surface area contributed by atoms with Crippen LogP contribution < -0.4 is 0 Å². The molecule has 0 spiro atoms. The first-order chi connectivity index (χ1) is 25.8. The topological polar surface area (TPSA) is 30.7 Å². The Kier molecular flexibility index (Phi) is 6.42. The number of thiophene rings is 1. The second-order valence-corrected chi connectivity index (χ2v) is 14.5. The molecular formula is C48H29N3S. The summed E-state index contributed by atoms with van der Waals surface area (Å²) in [5.41, 5.74) is 9.69. The van der Waals surface area contributed by atoms with Gasteiger partial charge in [0.25, 0.3) is 0 Å². The van der Waals surface area contributed by atoms with Crippen molar-refractivity contribution >= 4 is 75.0 Å². The lowest BCUT2D eigenvalue weighted by molar-refractivity contribution is 1.01. The third kappa shape index (κ3) is 4.51. The van der Waals surface area contributed by atoms with Gasteiger partial charge in [-0.3, -0.25) is 4.57 Å². The average molecular weight is 680 g/mol. The summed E-state index contributed by atoms with van der Waals surface area (Å²) in [6.07, 6.45) is 0. The van der Waals surface area contributed by atoms with Gasteiger partial charge in [0.2, 0.25) is 5.95 Å². The van der Waals surface area contributed by atoms with Crippen LogP contribution in [0.15, 0.2) is 176 Å². The van der Waals surface area contributed by atoms with E-state index in [2.05, 4.69) is 180 Å². The van der Waals surface area contributed by atoms with E-state index in [1.165, 1.54) is 47.3 Å². The highest BCUT2D eigenvalue weighted by molar-refractivity contribution is 7.25. The van der Waals surface area contributed by atoms with E-state index in [1.54, 1.807) is 0 Å². The lowest BCUT2D eigenvalue weighted by Gasteiger charge is -2.16. The Morgan fingerprint density at radius 1 is 0.385 bits per heavy atom. The number of hydrogen-bond donors (Lipinski definition) is 0. The van der Waals surface area contributed by atoms with Crippen molar-refractivity contribution in [3.8, 4) is 39.5 Å². The molecule has 0 radical (unpaired) electrons. The van der Waals surface area contributed by atoms with Gasteiger partial charge in [-0.15, -0.1) is 11.3 Å². The third-order valence-corrected chi connectivity index (χ3v) is 11.5. The molecule has 0 unspecified atom stereocenters. The molecule has 0 atom stereocenters. The van der Waals surface area contributed by atoms with Crippen molar-refractivity contribution in [3.05, 3.63) is 176 Å². The molecule has 242 valence electrons. The van der Waals surface area contributed by atoms with Gasteiger partial charge in [-0.05, 0) is 75.5 Å². The van der Waals surface area contributed by atoms with Crippen molar-refractivity contribution in [2.24, 2.45) is 0 Å². The van der Waals surface area contributed by atoms with Crippen LogP contribution in [0.5, 0.6) is 0 Å². The Hall–Kier alpha value is -6.62. The molecule has 3 heterocycles. The number of benzene rings is 8. The first-order valence-corrected chi connectivity index (χ1v) is 18.4.